The van der Waals surface area contributed by atoms with Crippen molar-refractivity contribution < 1.29 is 33.6 Å². The Hall–Kier alpha value is -3.78. The number of hydrogen-bond acceptors (Lipinski definition) is 7. The number of carbonyl (C=O) groups excluding carboxylic acids is 2. The van der Waals surface area contributed by atoms with E-state index in [0.29, 0.717) is 36.1 Å². The van der Waals surface area contributed by atoms with Crippen LogP contribution in [0.25, 0.3) is 10.8 Å². The molecule has 1 unspecified atom stereocenters. The van der Waals surface area contributed by atoms with Crippen molar-refractivity contribution in [3.8, 4) is 17.2 Å². The molecule has 0 fully saturated rings. The van der Waals surface area contributed by atoms with Crippen LogP contribution in [0, 0.1) is 0 Å². The van der Waals surface area contributed by atoms with E-state index in [-0.39, 0.29) is 35.4 Å². The third kappa shape index (κ3) is 9.13. The van der Waals surface area contributed by atoms with Crippen molar-refractivity contribution in [2.24, 2.45) is 0 Å². The van der Waals surface area contributed by atoms with E-state index in [1.54, 1.807) is 31.2 Å². The Kier molecular flexibility index (Phi) is 12.7. The summed E-state index contributed by atoms with van der Waals surface area (Å²) in [5.74, 6) is 0.0862. The molecule has 1 atom stereocenters. The lowest BCUT2D eigenvalue weighted by Crippen LogP contribution is -2.28. The number of aromatic hydroxyl groups is 1. The Labute approximate surface area is 268 Å². The summed E-state index contributed by atoms with van der Waals surface area (Å²) < 4.78 is 22.3. The number of esters is 1. The quantitative estimate of drug-likeness (QED) is 0.119. The number of phenols is 1. The second-order valence-electron chi connectivity index (χ2n) is 12.7. The highest BCUT2D eigenvalue weighted by molar-refractivity contribution is 6.05. The summed E-state index contributed by atoms with van der Waals surface area (Å²) in [6.45, 7) is 16.4. The van der Waals surface area contributed by atoms with E-state index in [9.17, 15) is 14.7 Å². The molecule has 0 radical (unpaired) electrons. The third-order valence-corrected chi connectivity index (χ3v) is 8.76. The van der Waals surface area contributed by atoms with E-state index in [4.69, 9.17) is 18.9 Å². The second-order valence-corrected chi connectivity index (χ2v) is 12.7. The molecule has 0 bridgehead atoms. The zero-order chi connectivity index (χ0) is 33.2. The molecule has 3 rings (SSSR count). The van der Waals surface area contributed by atoms with Gasteiger partial charge in [-0.2, -0.15) is 0 Å². The number of methoxy groups -OCH3 is 1. The smallest absolute Gasteiger partial charge is 0.347 e. The summed E-state index contributed by atoms with van der Waals surface area (Å²) in [6, 6.07) is 15.1. The number of fused-ring (bicyclic) bond motifs is 1. The first-order chi connectivity index (χ1) is 21.4. The minimum Gasteiger partial charge on any atom is -0.506 e. The topological polar surface area (TPSA) is 103 Å². The zero-order valence-corrected chi connectivity index (χ0v) is 28.2. The van der Waals surface area contributed by atoms with Crippen molar-refractivity contribution >= 4 is 22.6 Å². The predicted octanol–water partition coefficient (Wildman–Crippen LogP) is 7.47. The number of hydrogen-bond donors (Lipinski definition) is 2. The normalized spacial score (nSPS) is 12.5. The van der Waals surface area contributed by atoms with E-state index in [2.05, 4.69) is 65.1 Å². The zero-order valence-electron chi connectivity index (χ0n) is 28.2. The fraction of sp³-hybridized carbons (Fsp3) is 0.514. The van der Waals surface area contributed by atoms with Gasteiger partial charge in [0.15, 0.2) is 6.10 Å². The van der Waals surface area contributed by atoms with Gasteiger partial charge in [0.2, 0.25) is 0 Å². The lowest BCUT2D eigenvalue weighted by Gasteiger charge is -2.30. The van der Waals surface area contributed by atoms with Gasteiger partial charge >= 0.3 is 5.97 Å². The number of amides is 1. The van der Waals surface area contributed by atoms with Crippen LogP contribution in [-0.2, 0) is 25.1 Å². The average Bonchev–Trinajstić information content (AvgIpc) is 3.03. The number of ether oxygens (including phenoxy) is 4. The molecule has 0 saturated heterocycles. The largest absolute Gasteiger partial charge is 0.506 e. The number of rotatable bonds is 17. The number of nitrogens with one attached hydrogen (secondary N) is 1. The van der Waals surface area contributed by atoms with Gasteiger partial charge < -0.3 is 29.4 Å². The summed E-state index contributed by atoms with van der Waals surface area (Å²) in [4.78, 5) is 25.5. The van der Waals surface area contributed by atoms with Crippen molar-refractivity contribution in [1.82, 2.24) is 5.32 Å². The van der Waals surface area contributed by atoms with E-state index >= 15 is 0 Å². The molecule has 0 aliphatic heterocycles. The molecular weight excluding hydrogens is 570 g/mol. The Morgan fingerprint density at radius 1 is 0.867 bits per heavy atom. The molecule has 3 aromatic rings. The Balaban J connectivity index is 1.63. The minimum absolute atomic E-state index is 0.0182. The minimum atomic E-state index is -0.927. The SMILES string of the molecule is CCC(C)(C)c1ccc(OCCCCNC(=O)c2cc(OC(C)C(=O)OCCOC)c3ccccc3c2O)c(C(C)(C)CC)c1. The molecule has 0 heterocycles. The molecule has 0 aromatic heterocycles. The monoisotopic (exact) mass is 621 g/mol. The van der Waals surface area contributed by atoms with Crippen molar-refractivity contribution in [2.45, 2.75) is 91.1 Å². The van der Waals surface area contributed by atoms with Gasteiger partial charge in [0, 0.05) is 30.0 Å². The van der Waals surface area contributed by atoms with Gasteiger partial charge in [-0.1, -0.05) is 77.9 Å². The maximum atomic E-state index is 13.2. The van der Waals surface area contributed by atoms with E-state index in [0.717, 1.165) is 25.0 Å². The Morgan fingerprint density at radius 2 is 1.56 bits per heavy atom. The standard InChI is InChI=1S/C37H51NO7/c1-9-36(4,5)26-17-18-31(30(23-26)37(6,7)10-2)43-20-14-13-19-38-34(40)29-24-32(27-15-11-12-16-28(27)33(29)39)45-25(3)35(41)44-22-21-42-8/h11-12,15-18,23-25,39H,9-10,13-14,19-22H2,1-8H3,(H,38,40). The van der Waals surface area contributed by atoms with E-state index in [1.807, 2.05) is 0 Å². The van der Waals surface area contributed by atoms with Crippen LogP contribution in [0.15, 0.2) is 48.5 Å². The first kappa shape index (κ1) is 35.7. The molecule has 0 saturated carbocycles. The predicted molar refractivity (Wildman–Crippen MR) is 179 cm³/mol. The van der Waals surface area contributed by atoms with Crippen LogP contribution >= 0.6 is 0 Å². The maximum Gasteiger partial charge on any atom is 0.347 e. The van der Waals surface area contributed by atoms with Crippen molar-refractivity contribution in [1.29, 1.82) is 0 Å². The molecule has 3 aromatic carbocycles. The first-order valence-electron chi connectivity index (χ1n) is 16.0. The van der Waals surface area contributed by atoms with Gasteiger partial charge in [-0.3, -0.25) is 4.79 Å². The molecule has 8 heteroatoms. The number of phenolic OH excluding ortho intramolecular Hbond substituents is 1. The lowest BCUT2D eigenvalue weighted by molar-refractivity contribution is -0.152. The van der Waals surface area contributed by atoms with Gasteiger partial charge in [-0.25, -0.2) is 4.79 Å². The number of unbranched alkanes of at least 4 members (excludes halogenated alkanes) is 1. The molecular formula is C37H51NO7. The van der Waals surface area contributed by atoms with Crippen LogP contribution in [0.2, 0.25) is 0 Å². The van der Waals surface area contributed by atoms with Gasteiger partial charge in [0.1, 0.15) is 23.9 Å². The number of benzene rings is 3. The summed E-state index contributed by atoms with van der Waals surface area (Å²) in [5, 5.41) is 14.9. The first-order valence-corrected chi connectivity index (χ1v) is 16.0. The fourth-order valence-corrected chi connectivity index (χ4v) is 4.89. The van der Waals surface area contributed by atoms with Crippen LogP contribution < -0.4 is 14.8 Å². The molecule has 0 aliphatic rings. The van der Waals surface area contributed by atoms with Gasteiger partial charge in [-0.05, 0) is 61.1 Å². The molecule has 246 valence electrons. The van der Waals surface area contributed by atoms with Crippen LogP contribution in [0.4, 0.5) is 0 Å². The molecule has 45 heavy (non-hydrogen) atoms. The summed E-state index contributed by atoms with van der Waals surface area (Å²) in [5.41, 5.74) is 2.69. The highest BCUT2D eigenvalue weighted by atomic mass is 16.6. The van der Waals surface area contributed by atoms with Crippen molar-refractivity contribution in [2.75, 3.05) is 33.5 Å². The summed E-state index contributed by atoms with van der Waals surface area (Å²) in [6.07, 6.45) is 2.57. The maximum absolute atomic E-state index is 13.2. The Morgan fingerprint density at radius 3 is 2.22 bits per heavy atom. The third-order valence-electron chi connectivity index (χ3n) is 8.76. The van der Waals surface area contributed by atoms with Gasteiger partial charge in [0.25, 0.3) is 5.91 Å². The van der Waals surface area contributed by atoms with Crippen molar-refractivity contribution in [3.05, 3.63) is 65.2 Å². The summed E-state index contributed by atoms with van der Waals surface area (Å²) in [7, 11) is 1.52. The van der Waals surface area contributed by atoms with E-state index in [1.165, 1.54) is 24.3 Å². The Bertz CT molecular complexity index is 1450. The second kappa shape index (κ2) is 16.0. The molecule has 0 spiro atoms. The summed E-state index contributed by atoms with van der Waals surface area (Å²) >= 11 is 0. The highest BCUT2D eigenvalue weighted by Crippen LogP contribution is 2.39. The molecule has 1 amide bonds. The van der Waals surface area contributed by atoms with Crippen LogP contribution in [-0.4, -0.2) is 56.6 Å². The van der Waals surface area contributed by atoms with E-state index < -0.39 is 18.0 Å². The molecule has 0 aliphatic carbocycles. The molecule has 8 nitrogen and oxygen atoms in total. The van der Waals surface area contributed by atoms with Crippen LogP contribution in [0.3, 0.4) is 0 Å². The van der Waals surface area contributed by atoms with Crippen molar-refractivity contribution in [3.63, 3.8) is 0 Å². The van der Waals surface area contributed by atoms with Crippen LogP contribution in [0.1, 0.15) is 95.6 Å². The lowest BCUT2D eigenvalue weighted by atomic mass is 9.76. The van der Waals surface area contributed by atoms with Gasteiger partial charge in [-0.15, -0.1) is 0 Å². The fourth-order valence-electron chi connectivity index (χ4n) is 4.89. The average molecular weight is 622 g/mol. The highest BCUT2D eigenvalue weighted by Gasteiger charge is 2.27. The number of carbonyl (C=O) groups is 2. The molecule has 2 N–H and O–H groups in total. The van der Waals surface area contributed by atoms with Crippen LogP contribution in [0.5, 0.6) is 17.2 Å². The van der Waals surface area contributed by atoms with Gasteiger partial charge in [0.05, 0.1) is 18.8 Å².